The topological polar surface area (TPSA) is 62.7 Å². The molecular weight excluding hydrogens is 336 g/mol. The van der Waals surface area contributed by atoms with E-state index in [1.54, 1.807) is 6.08 Å². The van der Waals surface area contributed by atoms with Crippen molar-refractivity contribution in [2.24, 2.45) is 0 Å². The third-order valence-corrected chi connectivity index (χ3v) is 5.18. The molecule has 2 aromatic heterocycles. The van der Waals surface area contributed by atoms with E-state index in [-0.39, 0.29) is 5.91 Å². The van der Waals surface area contributed by atoms with Crippen molar-refractivity contribution in [2.45, 2.75) is 45.6 Å². The van der Waals surface area contributed by atoms with Crippen molar-refractivity contribution in [3.8, 4) is 0 Å². The zero-order valence-electron chi connectivity index (χ0n) is 16.0. The summed E-state index contributed by atoms with van der Waals surface area (Å²) in [6.07, 6.45) is 7.78. The van der Waals surface area contributed by atoms with E-state index in [2.05, 4.69) is 39.8 Å². The van der Waals surface area contributed by atoms with E-state index in [1.165, 1.54) is 24.2 Å². The van der Waals surface area contributed by atoms with Crippen molar-refractivity contribution in [3.05, 3.63) is 59.2 Å². The quantitative estimate of drug-likeness (QED) is 0.491. The Morgan fingerprint density at radius 1 is 1.33 bits per heavy atom. The lowest BCUT2D eigenvalue weighted by Gasteiger charge is -2.06. The molecule has 0 saturated heterocycles. The summed E-state index contributed by atoms with van der Waals surface area (Å²) in [6.45, 7) is 4.92. The minimum atomic E-state index is -0.0455. The second-order valence-electron chi connectivity index (χ2n) is 7.36. The van der Waals surface area contributed by atoms with Crippen LogP contribution in [0.25, 0.3) is 17.1 Å². The molecule has 0 aliphatic heterocycles. The van der Waals surface area contributed by atoms with Gasteiger partial charge in [-0.05, 0) is 62.9 Å². The van der Waals surface area contributed by atoms with Crippen LogP contribution in [0.5, 0.6) is 0 Å². The van der Waals surface area contributed by atoms with Crippen molar-refractivity contribution in [1.82, 2.24) is 19.9 Å². The zero-order valence-corrected chi connectivity index (χ0v) is 16.0. The van der Waals surface area contributed by atoms with Gasteiger partial charge in [-0.2, -0.15) is 0 Å². The van der Waals surface area contributed by atoms with E-state index in [4.69, 9.17) is 0 Å². The van der Waals surface area contributed by atoms with Crippen LogP contribution in [0.3, 0.4) is 0 Å². The molecule has 0 spiro atoms. The van der Waals surface area contributed by atoms with E-state index >= 15 is 0 Å². The van der Waals surface area contributed by atoms with E-state index in [0.717, 1.165) is 35.3 Å². The molecule has 1 saturated carbocycles. The molecule has 1 amide bonds. The maximum atomic E-state index is 12.1. The van der Waals surface area contributed by atoms with Crippen LogP contribution in [-0.2, 0) is 11.2 Å². The van der Waals surface area contributed by atoms with Gasteiger partial charge >= 0.3 is 0 Å². The summed E-state index contributed by atoms with van der Waals surface area (Å²) in [5.74, 6) is 0.921. The Morgan fingerprint density at radius 3 is 2.93 bits per heavy atom. The Labute approximate surface area is 159 Å². The monoisotopic (exact) mass is 362 g/mol. The lowest BCUT2D eigenvalue weighted by atomic mass is 10.2. The number of amides is 1. The minimum absolute atomic E-state index is 0.0455. The summed E-state index contributed by atoms with van der Waals surface area (Å²) in [6, 6.07) is 10.8. The first kappa shape index (κ1) is 17.6. The van der Waals surface area contributed by atoms with Crippen molar-refractivity contribution in [3.63, 3.8) is 0 Å². The number of nitrogens with zero attached hydrogens (tertiary/aromatic N) is 2. The molecule has 3 aromatic rings. The highest BCUT2D eigenvalue weighted by atomic mass is 16.1. The molecule has 2 N–H and O–H groups in total. The Bertz CT molecular complexity index is 958. The fraction of sp³-hybridized carbons (Fsp3) is 0.364. The Morgan fingerprint density at radius 2 is 2.15 bits per heavy atom. The first-order chi connectivity index (χ1) is 13.1. The molecule has 27 heavy (non-hydrogen) atoms. The van der Waals surface area contributed by atoms with Crippen LogP contribution in [0.15, 0.2) is 36.4 Å². The number of H-pyrrole nitrogens is 1. The molecule has 2 heterocycles. The number of hydrogen-bond donors (Lipinski definition) is 2. The fourth-order valence-electron chi connectivity index (χ4n) is 3.68. The zero-order chi connectivity index (χ0) is 18.8. The van der Waals surface area contributed by atoms with E-state index < -0.39 is 0 Å². The van der Waals surface area contributed by atoms with E-state index in [1.807, 2.05) is 30.3 Å². The summed E-state index contributed by atoms with van der Waals surface area (Å²) in [7, 11) is 0. The van der Waals surface area contributed by atoms with Gasteiger partial charge in [0.15, 0.2) is 0 Å². The van der Waals surface area contributed by atoms with Crippen LogP contribution >= 0.6 is 0 Å². The number of benzene rings is 1. The predicted octanol–water partition coefficient (Wildman–Crippen LogP) is 4.08. The number of carbonyl (C=O) groups excluding carboxylic acids is 1. The van der Waals surface area contributed by atoms with Crippen LogP contribution in [0.1, 0.15) is 48.1 Å². The number of para-hydroxylation sites is 2. The van der Waals surface area contributed by atoms with Gasteiger partial charge in [0.05, 0.1) is 11.0 Å². The summed E-state index contributed by atoms with van der Waals surface area (Å²) >= 11 is 0. The van der Waals surface area contributed by atoms with Crippen molar-refractivity contribution < 1.29 is 4.79 Å². The second kappa shape index (κ2) is 7.43. The molecule has 4 rings (SSSR count). The first-order valence-electron chi connectivity index (χ1n) is 9.70. The van der Waals surface area contributed by atoms with Gasteiger partial charge in [0.2, 0.25) is 5.91 Å². The Balaban J connectivity index is 1.26. The lowest BCUT2D eigenvalue weighted by molar-refractivity contribution is -0.116. The van der Waals surface area contributed by atoms with Gasteiger partial charge in [-0.15, -0.1) is 0 Å². The molecule has 0 bridgehead atoms. The number of imidazole rings is 1. The molecule has 0 radical (unpaired) electrons. The van der Waals surface area contributed by atoms with E-state index in [0.29, 0.717) is 12.6 Å². The Hall–Kier alpha value is -2.82. The number of hydrogen-bond acceptors (Lipinski definition) is 2. The fourth-order valence-corrected chi connectivity index (χ4v) is 3.68. The van der Waals surface area contributed by atoms with Gasteiger partial charge < -0.3 is 14.9 Å². The molecule has 5 nitrogen and oxygen atoms in total. The van der Waals surface area contributed by atoms with Gasteiger partial charge in [-0.25, -0.2) is 4.98 Å². The molecule has 5 heteroatoms. The third kappa shape index (κ3) is 3.97. The number of carbonyl (C=O) groups is 1. The molecule has 140 valence electrons. The number of aromatic amines is 1. The molecule has 1 fully saturated rings. The number of fused-ring (bicyclic) bond motifs is 1. The highest BCUT2D eigenvalue weighted by Gasteiger charge is 2.26. The normalized spacial score (nSPS) is 14.3. The van der Waals surface area contributed by atoms with Crippen LogP contribution in [-0.4, -0.2) is 27.0 Å². The maximum Gasteiger partial charge on any atom is 0.244 e. The predicted molar refractivity (Wildman–Crippen MR) is 109 cm³/mol. The van der Waals surface area contributed by atoms with Crippen molar-refractivity contribution in [2.75, 3.05) is 6.54 Å². The molecular formula is C22H26N4O. The van der Waals surface area contributed by atoms with Crippen molar-refractivity contribution >= 4 is 23.0 Å². The smallest absolute Gasteiger partial charge is 0.244 e. The number of rotatable bonds is 7. The summed E-state index contributed by atoms with van der Waals surface area (Å²) < 4.78 is 2.39. The van der Waals surface area contributed by atoms with Crippen LogP contribution in [0.4, 0.5) is 0 Å². The van der Waals surface area contributed by atoms with Crippen LogP contribution < -0.4 is 5.32 Å². The molecule has 1 aliphatic rings. The van der Waals surface area contributed by atoms with E-state index in [9.17, 15) is 4.79 Å². The maximum absolute atomic E-state index is 12.1. The largest absolute Gasteiger partial charge is 0.353 e. The van der Waals surface area contributed by atoms with Gasteiger partial charge in [0.25, 0.3) is 0 Å². The third-order valence-electron chi connectivity index (χ3n) is 5.18. The van der Waals surface area contributed by atoms with Crippen LogP contribution in [0.2, 0.25) is 0 Å². The average Bonchev–Trinajstić information content (AvgIpc) is 3.32. The van der Waals surface area contributed by atoms with Gasteiger partial charge in [0, 0.05) is 36.5 Å². The molecule has 0 atom stereocenters. The summed E-state index contributed by atoms with van der Waals surface area (Å²) in [5.41, 5.74) is 5.72. The minimum Gasteiger partial charge on any atom is -0.353 e. The van der Waals surface area contributed by atoms with Gasteiger partial charge in [0.1, 0.15) is 5.82 Å². The highest BCUT2D eigenvalue weighted by molar-refractivity contribution is 5.91. The standard InChI is InChI=1S/C22H26N4O/c1-15-14-17(16(2)26(15)18-10-11-18)9-12-22(27)23-13-5-8-21-24-19-6-3-4-7-20(19)25-21/h3-4,6-7,9,12,14,18H,5,8,10-11,13H2,1-2H3,(H,23,27)(H,24,25). The number of aromatic nitrogens is 3. The Kier molecular flexibility index (Phi) is 4.84. The number of nitrogens with one attached hydrogen (secondary N) is 2. The molecule has 1 aliphatic carbocycles. The highest BCUT2D eigenvalue weighted by Crippen LogP contribution is 2.38. The molecule has 0 unspecified atom stereocenters. The van der Waals surface area contributed by atoms with Gasteiger partial charge in [-0.1, -0.05) is 12.1 Å². The summed E-state index contributed by atoms with van der Waals surface area (Å²) in [4.78, 5) is 20.0. The summed E-state index contributed by atoms with van der Waals surface area (Å²) in [5, 5.41) is 2.96. The molecule has 1 aromatic carbocycles. The van der Waals surface area contributed by atoms with Crippen molar-refractivity contribution in [1.29, 1.82) is 0 Å². The van der Waals surface area contributed by atoms with Gasteiger partial charge in [-0.3, -0.25) is 4.79 Å². The first-order valence-corrected chi connectivity index (χ1v) is 9.70. The number of aryl methyl sites for hydroxylation is 2. The van der Waals surface area contributed by atoms with Crippen LogP contribution in [0, 0.1) is 13.8 Å². The lowest BCUT2D eigenvalue weighted by Crippen LogP contribution is -2.22. The SMILES string of the molecule is Cc1cc(C=CC(=O)NCCCc2nc3ccccc3[nH]2)c(C)n1C1CC1. The average molecular weight is 362 g/mol. The second-order valence-corrected chi connectivity index (χ2v) is 7.36.